The van der Waals surface area contributed by atoms with Crippen molar-refractivity contribution < 1.29 is 14.3 Å². The number of hydrogen-bond donors (Lipinski definition) is 0. The zero-order valence-corrected chi connectivity index (χ0v) is 9.83. The van der Waals surface area contributed by atoms with E-state index in [2.05, 4.69) is 9.72 Å². The Morgan fingerprint density at radius 3 is 2.94 bits per heavy atom. The number of pyridine rings is 1. The van der Waals surface area contributed by atoms with Crippen LogP contribution in [0.15, 0.2) is 18.3 Å². The fourth-order valence-electron chi connectivity index (χ4n) is 1.26. The smallest absolute Gasteiger partial charge is 0.339 e. The number of rotatable bonds is 4. The molecule has 0 radical (unpaired) electrons. The number of methoxy groups -OCH3 is 1. The second-order valence-electron chi connectivity index (χ2n) is 3.50. The molecule has 2 rings (SSSR count). The Kier molecular flexibility index (Phi) is 3.79. The van der Waals surface area contributed by atoms with Gasteiger partial charge in [-0.05, 0) is 12.1 Å². The van der Waals surface area contributed by atoms with Crippen LogP contribution in [-0.4, -0.2) is 36.5 Å². The van der Waals surface area contributed by atoms with E-state index in [4.69, 9.17) is 4.74 Å². The van der Waals surface area contributed by atoms with Crippen molar-refractivity contribution in [1.29, 1.82) is 0 Å². The summed E-state index contributed by atoms with van der Waals surface area (Å²) in [4.78, 5) is 15.4. The molecule has 1 aromatic rings. The number of nitrogens with zero attached hydrogens (tertiary/aromatic N) is 1. The quantitative estimate of drug-likeness (QED) is 0.745. The molecule has 1 saturated heterocycles. The third kappa shape index (κ3) is 2.74. The summed E-state index contributed by atoms with van der Waals surface area (Å²) in [7, 11) is 1.36. The first kappa shape index (κ1) is 11.4. The summed E-state index contributed by atoms with van der Waals surface area (Å²) in [6.07, 6.45) is 1.55. The zero-order valence-electron chi connectivity index (χ0n) is 9.01. The summed E-state index contributed by atoms with van der Waals surface area (Å²) in [6, 6.07) is 3.60. The number of carbonyl (C=O) groups is 1. The van der Waals surface area contributed by atoms with Crippen molar-refractivity contribution >= 4 is 17.7 Å². The SMILES string of the molecule is COC(=O)c1ccc(CSC2COC2)nc1. The molecule has 0 amide bonds. The normalized spacial score (nSPS) is 15.6. The fourth-order valence-corrected chi connectivity index (χ4v) is 2.22. The minimum absolute atomic E-state index is 0.348. The first-order chi connectivity index (χ1) is 7.79. The van der Waals surface area contributed by atoms with Gasteiger partial charge < -0.3 is 9.47 Å². The molecule has 1 fully saturated rings. The van der Waals surface area contributed by atoms with Crippen LogP contribution in [0.2, 0.25) is 0 Å². The lowest BCUT2D eigenvalue weighted by Crippen LogP contribution is -2.30. The third-order valence-electron chi connectivity index (χ3n) is 2.32. The van der Waals surface area contributed by atoms with Crippen LogP contribution in [0.25, 0.3) is 0 Å². The van der Waals surface area contributed by atoms with E-state index in [1.807, 2.05) is 17.8 Å². The van der Waals surface area contributed by atoms with Gasteiger partial charge in [0.1, 0.15) is 0 Å². The van der Waals surface area contributed by atoms with Crippen molar-refractivity contribution in [2.24, 2.45) is 0 Å². The maximum absolute atomic E-state index is 11.2. The lowest BCUT2D eigenvalue weighted by Gasteiger charge is -2.24. The number of esters is 1. The number of carbonyl (C=O) groups excluding carboxylic acids is 1. The van der Waals surface area contributed by atoms with Crippen LogP contribution in [0.4, 0.5) is 0 Å². The minimum atomic E-state index is -0.348. The third-order valence-corrected chi connectivity index (χ3v) is 3.53. The summed E-state index contributed by atoms with van der Waals surface area (Å²) in [5, 5.41) is 0.599. The van der Waals surface area contributed by atoms with Crippen LogP contribution in [-0.2, 0) is 15.2 Å². The molecule has 1 aliphatic heterocycles. The highest BCUT2D eigenvalue weighted by Gasteiger charge is 2.18. The summed E-state index contributed by atoms with van der Waals surface area (Å²) in [5.41, 5.74) is 1.47. The van der Waals surface area contributed by atoms with Crippen LogP contribution >= 0.6 is 11.8 Å². The van der Waals surface area contributed by atoms with Gasteiger partial charge in [0.2, 0.25) is 0 Å². The van der Waals surface area contributed by atoms with Crippen molar-refractivity contribution in [2.45, 2.75) is 11.0 Å². The molecule has 1 aliphatic rings. The highest BCUT2D eigenvalue weighted by atomic mass is 32.2. The van der Waals surface area contributed by atoms with Gasteiger partial charge in [-0.15, -0.1) is 11.8 Å². The molecule has 0 atom stereocenters. The maximum atomic E-state index is 11.2. The Hall–Kier alpha value is -1.07. The van der Waals surface area contributed by atoms with Crippen molar-refractivity contribution in [3.05, 3.63) is 29.6 Å². The molecular weight excluding hydrogens is 226 g/mol. The van der Waals surface area contributed by atoms with E-state index in [9.17, 15) is 4.79 Å². The maximum Gasteiger partial charge on any atom is 0.339 e. The minimum Gasteiger partial charge on any atom is -0.465 e. The van der Waals surface area contributed by atoms with Gasteiger partial charge in [-0.3, -0.25) is 4.98 Å². The van der Waals surface area contributed by atoms with Gasteiger partial charge in [0.15, 0.2) is 0 Å². The van der Waals surface area contributed by atoms with E-state index in [-0.39, 0.29) is 5.97 Å². The lowest BCUT2D eigenvalue weighted by molar-refractivity contribution is 0.0455. The summed E-state index contributed by atoms with van der Waals surface area (Å²) in [6.45, 7) is 1.68. The molecular formula is C11H13NO3S. The van der Waals surface area contributed by atoms with Crippen LogP contribution in [0.5, 0.6) is 0 Å². The predicted molar refractivity (Wildman–Crippen MR) is 61.5 cm³/mol. The molecule has 2 heterocycles. The highest BCUT2D eigenvalue weighted by molar-refractivity contribution is 7.99. The van der Waals surface area contributed by atoms with Crippen molar-refractivity contribution in [1.82, 2.24) is 4.98 Å². The van der Waals surface area contributed by atoms with Crippen LogP contribution < -0.4 is 0 Å². The molecule has 1 aromatic heterocycles. The molecule has 0 N–H and O–H groups in total. The molecule has 0 unspecified atom stereocenters. The standard InChI is InChI=1S/C11H13NO3S/c1-14-11(13)8-2-3-9(12-4-8)7-16-10-5-15-6-10/h2-4,10H,5-7H2,1H3. The first-order valence-electron chi connectivity index (χ1n) is 5.02. The van der Waals surface area contributed by atoms with Gasteiger partial charge in [-0.2, -0.15) is 0 Å². The molecule has 0 bridgehead atoms. The van der Waals surface area contributed by atoms with Crippen LogP contribution in [0, 0.1) is 0 Å². The summed E-state index contributed by atoms with van der Waals surface area (Å²) < 4.78 is 9.69. The monoisotopic (exact) mass is 239 g/mol. The van der Waals surface area contributed by atoms with Gasteiger partial charge in [-0.25, -0.2) is 4.79 Å². The highest BCUT2D eigenvalue weighted by Crippen LogP contribution is 2.22. The average Bonchev–Trinajstić information content (AvgIpc) is 2.27. The zero-order chi connectivity index (χ0) is 11.4. The molecule has 86 valence electrons. The van der Waals surface area contributed by atoms with Gasteiger partial charge >= 0.3 is 5.97 Å². The van der Waals surface area contributed by atoms with E-state index in [0.717, 1.165) is 24.7 Å². The van der Waals surface area contributed by atoms with E-state index in [1.165, 1.54) is 7.11 Å². The van der Waals surface area contributed by atoms with E-state index >= 15 is 0 Å². The summed E-state index contributed by atoms with van der Waals surface area (Å²) in [5.74, 6) is 0.509. The van der Waals surface area contributed by atoms with Gasteiger partial charge in [-0.1, -0.05) is 0 Å². The first-order valence-corrected chi connectivity index (χ1v) is 6.07. The molecule has 16 heavy (non-hydrogen) atoms. The number of aromatic nitrogens is 1. The molecule has 0 saturated carbocycles. The number of ether oxygens (including phenoxy) is 2. The molecule has 0 spiro atoms. The van der Waals surface area contributed by atoms with Gasteiger partial charge in [0.05, 0.1) is 36.8 Å². The number of hydrogen-bond acceptors (Lipinski definition) is 5. The van der Waals surface area contributed by atoms with E-state index in [1.54, 1.807) is 12.3 Å². The molecule has 5 heteroatoms. The molecule has 0 aromatic carbocycles. The van der Waals surface area contributed by atoms with Crippen LogP contribution in [0.3, 0.4) is 0 Å². The Morgan fingerprint density at radius 1 is 1.62 bits per heavy atom. The van der Waals surface area contributed by atoms with Crippen molar-refractivity contribution in [3.8, 4) is 0 Å². The Balaban J connectivity index is 1.88. The molecule has 4 nitrogen and oxygen atoms in total. The van der Waals surface area contributed by atoms with Crippen LogP contribution in [0.1, 0.15) is 16.1 Å². The second-order valence-corrected chi connectivity index (χ2v) is 4.79. The Morgan fingerprint density at radius 2 is 2.44 bits per heavy atom. The van der Waals surface area contributed by atoms with Gasteiger partial charge in [0.25, 0.3) is 0 Å². The fraction of sp³-hybridized carbons (Fsp3) is 0.455. The number of thioether (sulfide) groups is 1. The van der Waals surface area contributed by atoms with E-state index < -0.39 is 0 Å². The van der Waals surface area contributed by atoms with E-state index in [0.29, 0.717) is 10.8 Å². The molecule has 0 aliphatic carbocycles. The second kappa shape index (κ2) is 5.32. The summed E-state index contributed by atoms with van der Waals surface area (Å²) >= 11 is 1.83. The Bertz CT molecular complexity index is 362. The van der Waals surface area contributed by atoms with Gasteiger partial charge in [0, 0.05) is 11.9 Å². The Labute approximate surface area is 98.3 Å². The van der Waals surface area contributed by atoms with Crippen molar-refractivity contribution in [2.75, 3.05) is 20.3 Å². The van der Waals surface area contributed by atoms with Crippen molar-refractivity contribution in [3.63, 3.8) is 0 Å². The lowest BCUT2D eigenvalue weighted by atomic mass is 10.2. The topological polar surface area (TPSA) is 48.4 Å². The average molecular weight is 239 g/mol. The predicted octanol–water partition coefficient (Wildman–Crippen LogP) is 1.50. The largest absolute Gasteiger partial charge is 0.465 e.